The van der Waals surface area contributed by atoms with E-state index in [9.17, 15) is 18.0 Å². The second-order valence-corrected chi connectivity index (χ2v) is 5.44. The molecule has 0 aromatic heterocycles. The lowest BCUT2D eigenvalue weighted by atomic mass is 9.98. The second-order valence-electron chi connectivity index (χ2n) is 5.44. The average molecular weight is 302 g/mol. The molecule has 0 saturated carbocycles. The Morgan fingerprint density at radius 3 is 2.33 bits per heavy atom. The fraction of sp³-hybridized carbons (Fsp3) is 0.533. The lowest BCUT2D eigenvalue weighted by molar-refractivity contribution is -0.137. The summed E-state index contributed by atoms with van der Waals surface area (Å²) < 4.78 is 38.2. The maximum Gasteiger partial charge on any atom is 0.416 e. The first kappa shape index (κ1) is 17.3. The van der Waals surface area contributed by atoms with Crippen molar-refractivity contribution >= 4 is 11.6 Å². The zero-order valence-electron chi connectivity index (χ0n) is 12.6. The molecule has 1 atom stereocenters. The second kappa shape index (κ2) is 6.83. The highest BCUT2D eigenvalue weighted by Crippen LogP contribution is 2.31. The van der Waals surface area contributed by atoms with Gasteiger partial charge in [-0.15, -0.1) is 0 Å². The lowest BCUT2D eigenvalue weighted by Crippen LogP contribution is -2.30. The van der Waals surface area contributed by atoms with Gasteiger partial charge < -0.3 is 10.6 Å². The van der Waals surface area contributed by atoms with Crippen molar-refractivity contribution in [1.29, 1.82) is 0 Å². The van der Waals surface area contributed by atoms with Crippen LogP contribution in [0.15, 0.2) is 18.2 Å². The van der Waals surface area contributed by atoms with Crippen LogP contribution in [0.2, 0.25) is 0 Å². The Hall–Kier alpha value is -1.72. The first-order valence-corrected chi connectivity index (χ1v) is 6.84. The van der Waals surface area contributed by atoms with Gasteiger partial charge in [-0.2, -0.15) is 13.2 Å². The van der Waals surface area contributed by atoms with Crippen molar-refractivity contribution in [2.24, 2.45) is 11.8 Å². The van der Waals surface area contributed by atoms with Crippen LogP contribution in [0, 0.1) is 11.8 Å². The van der Waals surface area contributed by atoms with Crippen LogP contribution in [0.1, 0.15) is 36.7 Å². The number of alkyl halides is 3. The van der Waals surface area contributed by atoms with Gasteiger partial charge in [0.05, 0.1) is 11.1 Å². The summed E-state index contributed by atoms with van der Waals surface area (Å²) in [6.45, 7) is 6.46. The number of amides is 1. The van der Waals surface area contributed by atoms with Crippen LogP contribution >= 0.6 is 0 Å². The first-order chi connectivity index (χ1) is 9.66. The molecule has 0 bridgehead atoms. The average Bonchev–Trinajstić information content (AvgIpc) is 2.42. The third-order valence-electron chi connectivity index (χ3n) is 3.58. The summed E-state index contributed by atoms with van der Waals surface area (Å²) in [5.74, 6) is 0.131. The Morgan fingerprint density at radius 2 is 1.86 bits per heavy atom. The molecule has 2 N–H and O–H groups in total. The quantitative estimate of drug-likeness (QED) is 0.869. The molecule has 1 aromatic rings. The van der Waals surface area contributed by atoms with Gasteiger partial charge >= 0.3 is 6.18 Å². The molecule has 6 heteroatoms. The van der Waals surface area contributed by atoms with E-state index in [1.165, 1.54) is 6.07 Å². The van der Waals surface area contributed by atoms with Crippen LogP contribution in [0.5, 0.6) is 0 Å². The fourth-order valence-electron chi connectivity index (χ4n) is 1.71. The van der Waals surface area contributed by atoms with E-state index >= 15 is 0 Å². The van der Waals surface area contributed by atoms with Crippen molar-refractivity contribution in [3.05, 3.63) is 29.3 Å². The zero-order valence-corrected chi connectivity index (χ0v) is 12.6. The first-order valence-electron chi connectivity index (χ1n) is 6.84. The SMILES string of the molecule is CNc1ccc(C(F)(F)F)cc1C(=O)NCC(C)C(C)C. The minimum Gasteiger partial charge on any atom is -0.387 e. The summed E-state index contributed by atoms with van der Waals surface area (Å²) in [4.78, 5) is 12.1. The highest BCUT2D eigenvalue weighted by Gasteiger charge is 2.31. The molecule has 0 radical (unpaired) electrons. The summed E-state index contributed by atoms with van der Waals surface area (Å²) >= 11 is 0. The molecule has 118 valence electrons. The predicted octanol–water partition coefficient (Wildman–Crippen LogP) is 3.77. The predicted molar refractivity (Wildman–Crippen MR) is 77.3 cm³/mol. The molecule has 1 aromatic carbocycles. The van der Waals surface area contributed by atoms with E-state index in [0.717, 1.165) is 12.1 Å². The van der Waals surface area contributed by atoms with E-state index in [0.29, 0.717) is 18.2 Å². The Bertz CT molecular complexity index is 498. The minimum atomic E-state index is -4.47. The summed E-state index contributed by atoms with van der Waals surface area (Å²) in [5, 5.41) is 5.42. The van der Waals surface area contributed by atoms with Gasteiger partial charge in [-0.3, -0.25) is 4.79 Å². The highest BCUT2D eigenvalue weighted by molar-refractivity contribution is 5.99. The number of benzene rings is 1. The van der Waals surface area contributed by atoms with Crippen molar-refractivity contribution in [3.63, 3.8) is 0 Å². The molecule has 0 aliphatic heterocycles. The summed E-state index contributed by atoms with van der Waals surface area (Å²) in [5.41, 5.74) is -0.454. The normalized spacial score (nSPS) is 13.1. The van der Waals surface area contributed by atoms with Crippen LogP contribution in [-0.4, -0.2) is 19.5 Å². The Kier molecular flexibility index (Phi) is 5.63. The van der Waals surface area contributed by atoms with Crippen molar-refractivity contribution in [2.45, 2.75) is 26.9 Å². The maximum absolute atomic E-state index is 12.7. The Balaban J connectivity index is 2.96. The molecule has 1 unspecified atom stereocenters. The molecule has 0 fully saturated rings. The topological polar surface area (TPSA) is 41.1 Å². The molecular weight excluding hydrogens is 281 g/mol. The number of anilines is 1. The van der Waals surface area contributed by atoms with Crippen molar-refractivity contribution < 1.29 is 18.0 Å². The maximum atomic E-state index is 12.7. The minimum absolute atomic E-state index is 0.00304. The van der Waals surface area contributed by atoms with Crippen molar-refractivity contribution in [3.8, 4) is 0 Å². The van der Waals surface area contributed by atoms with Gasteiger partial charge in [-0.1, -0.05) is 20.8 Å². The number of nitrogens with one attached hydrogen (secondary N) is 2. The number of hydrogen-bond donors (Lipinski definition) is 2. The summed E-state index contributed by atoms with van der Waals surface area (Å²) in [6.07, 6.45) is -4.47. The zero-order chi connectivity index (χ0) is 16.2. The van der Waals surface area contributed by atoms with Gasteiger partial charge in [0.15, 0.2) is 0 Å². The molecule has 1 amide bonds. The standard InChI is InChI=1S/C15H21F3N2O/c1-9(2)10(3)8-20-14(21)12-7-11(15(16,17)18)5-6-13(12)19-4/h5-7,9-10,19H,8H2,1-4H3,(H,20,21). The third-order valence-corrected chi connectivity index (χ3v) is 3.58. The van der Waals surface area contributed by atoms with E-state index in [-0.39, 0.29) is 11.5 Å². The molecule has 1 rings (SSSR count). The van der Waals surface area contributed by atoms with Gasteiger partial charge in [0, 0.05) is 19.3 Å². The third kappa shape index (κ3) is 4.65. The summed E-state index contributed by atoms with van der Waals surface area (Å²) in [7, 11) is 1.57. The molecule has 0 heterocycles. The van der Waals surface area contributed by atoms with Crippen LogP contribution in [0.3, 0.4) is 0 Å². The van der Waals surface area contributed by atoms with Gasteiger partial charge in [-0.25, -0.2) is 0 Å². The molecular formula is C15H21F3N2O. The van der Waals surface area contributed by atoms with Gasteiger partial charge in [0.1, 0.15) is 0 Å². The number of rotatable bonds is 5. The monoisotopic (exact) mass is 302 g/mol. The summed E-state index contributed by atoms with van der Waals surface area (Å²) in [6, 6.07) is 3.10. The lowest BCUT2D eigenvalue weighted by Gasteiger charge is -2.17. The van der Waals surface area contributed by atoms with Gasteiger partial charge in [-0.05, 0) is 30.0 Å². The van der Waals surface area contributed by atoms with Crippen molar-refractivity contribution in [1.82, 2.24) is 5.32 Å². The molecule has 3 nitrogen and oxygen atoms in total. The molecule has 0 aliphatic carbocycles. The fourth-order valence-corrected chi connectivity index (χ4v) is 1.71. The molecule has 0 saturated heterocycles. The van der Waals surface area contributed by atoms with Crippen molar-refractivity contribution in [2.75, 3.05) is 18.9 Å². The van der Waals surface area contributed by atoms with E-state index in [4.69, 9.17) is 0 Å². The van der Waals surface area contributed by atoms with E-state index in [2.05, 4.69) is 10.6 Å². The number of carbonyl (C=O) groups is 1. The molecule has 0 aliphatic rings. The van der Waals surface area contributed by atoms with Crippen LogP contribution in [0.4, 0.5) is 18.9 Å². The van der Waals surface area contributed by atoms with Gasteiger partial charge in [0.25, 0.3) is 5.91 Å². The number of halogens is 3. The highest BCUT2D eigenvalue weighted by atomic mass is 19.4. The van der Waals surface area contributed by atoms with Crippen LogP contribution < -0.4 is 10.6 Å². The smallest absolute Gasteiger partial charge is 0.387 e. The van der Waals surface area contributed by atoms with E-state index in [1.807, 2.05) is 20.8 Å². The van der Waals surface area contributed by atoms with Gasteiger partial charge in [0.2, 0.25) is 0 Å². The van der Waals surface area contributed by atoms with Crippen LogP contribution in [0.25, 0.3) is 0 Å². The number of hydrogen-bond acceptors (Lipinski definition) is 2. The Labute approximate surface area is 122 Å². The van der Waals surface area contributed by atoms with E-state index < -0.39 is 17.6 Å². The van der Waals surface area contributed by atoms with Crippen LogP contribution in [-0.2, 0) is 6.18 Å². The van der Waals surface area contributed by atoms with E-state index in [1.54, 1.807) is 7.05 Å². The largest absolute Gasteiger partial charge is 0.416 e. The number of carbonyl (C=O) groups excluding carboxylic acids is 1. The molecule has 0 spiro atoms. The Morgan fingerprint density at radius 1 is 1.24 bits per heavy atom. The molecule has 21 heavy (non-hydrogen) atoms.